The van der Waals surface area contributed by atoms with Crippen molar-refractivity contribution in [2.75, 3.05) is 6.54 Å². The monoisotopic (exact) mass is 233 g/mol. The van der Waals surface area contributed by atoms with Crippen LogP contribution in [0, 0.1) is 0 Å². The maximum Gasteiger partial charge on any atom is 0.134 e. The Kier molecular flexibility index (Phi) is 2.89. The predicted molar refractivity (Wildman–Crippen MR) is 61.1 cm³/mol. The van der Waals surface area contributed by atoms with Gasteiger partial charge in [0.25, 0.3) is 0 Å². The number of H-pyrrole nitrogens is 1. The molecular formula is C11H15N5O. The van der Waals surface area contributed by atoms with Crippen LogP contribution in [0.4, 0.5) is 0 Å². The summed E-state index contributed by atoms with van der Waals surface area (Å²) >= 11 is 0. The molecule has 1 aliphatic heterocycles. The molecule has 0 spiro atoms. The largest absolute Gasteiger partial charge is 0.367 e. The van der Waals surface area contributed by atoms with E-state index in [4.69, 9.17) is 4.74 Å². The molecular weight excluding hydrogens is 218 g/mol. The van der Waals surface area contributed by atoms with E-state index < -0.39 is 0 Å². The van der Waals surface area contributed by atoms with Crippen LogP contribution in [0.1, 0.15) is 11.6 Å². The molecule has 0 bridgehead atoms. The number of hydrogen-bond acceptors (Lipinski definition) is 4. The third kappa shape index (κ3) is 2.37. The average Bonchev–Trinajstić information content (AvgIpc) is 2.98. The van der Waals surface area contributed by atoms with Gasteiger partial charge in [-0.25, -0.2) is 9.97 Å². The normalized spacial score (nSPS) is 19.2. The van der Waals surface area contributed by atoms with Crippen molar-refractivity contribution in [1.82, 2.24) is 24.8 Å². The van der Waals surface area contributed by atoms with Crippen molar-refractivity contribution in [2.45, 2.75) is 25.8 Å². The Labute approximate surface area is 99.0 Å². The number of nitrogens with one attached hydrogen (secondary N) is 2. The number of aromatic amines is 1. The molecule has 2 N–H and O–H groups in total. The molecule has 6 heteroatoms. The Hall–Kier alpha value is -1.66. The zero-order valence-corrected chi connectivity index (χ0v) is 9.47. The minimum absolute atomic E-state index is 0.201. The summed E-state index contributed by atoms with van der Waals surface area (Å²) in [6.45, 7) is 3.02. The minimum Gasteiger partial charge on any atom is -0.367 e. The molecule has 6 nitrogen and oxygen atoms in total. The molecule has 2 aromatic rings. The van der Waals surface area contributed by atoms with E-state index in [1.807, 2.05) is 18.6 Å². The predicted octanol–water partition coefficient (Wildman–Crippen LogP) is 0.295. The van der Waals surface area contributed by atoms with Crippen LogP contribution in [-0.2, 0) is 24.4 Å². The minimum atomic E-state index is 0.201. The van der Waals surface area contributed by atoms with Gasteiger partial charge in [0.2, 0.25) is 0 Å². The van der Waals surface area contributed by atoms with Crippen molar-refractivity contribution < 1.29 is 4.74 Å². The molecule has 0 radical (unpaired) electrons. The maximum absolute atomic E-state index is 5.71. The fraction of sp³-hybridized carbons (Fsp3) is 0.455. The first-order valence-corrected chi connectivity index (χ1v) is 5.72. The molecule has 3 heterocycles. The molecule has 0 saturated heterocycles. The highest BCUT2D eigenvalue weighted by Gasteiger charge is 2.18. The van der Waals surface area contributed by atoms with Gasteiger partial charge in [0.1, 0.15) is 18.3 Å². The van der Waals surface area contributed by atoms with Crippen LogP contribution in [0.25, 0.3) is 0 Å². The standard InChI is InChI=1S/C11H15N5O/c1-2-14-10(13-1)6-12-5-9-7-16-4-3-15-11(16)8-17-9/h1-4,9,12H,5-8H2,(H,13,14). The van der Waals surface area contributed by atoms with Gasteiger partial charge in [-0.3, -0.25) is 0 Å². The SMILES string of the molecule is c1c[nH]c(CNCC2Cn3ccnc3CO2)n1. The molecule has 0 amide bonds. The van der Waals surface area contributed by atoms with Crippen molar-refractivity contribution in [2.24, 2.45) is 0 Å². The van der Waals surface area contributed by atoms with Gasteiger partial charge in [-0.2, -0.15) is 0 Å². The lowest BCUT2D eigenvalue weighted by Gasteiger charge is -2.24. The molecule has 1 unspecified atom stereocenters. The first-order chi connectivity index (χ1) is 8.42. The topological polar surface area (TPSA) is 67.8 Å². The molecule has 3 rings (SSSR count). The van der Waals surface area contributed by atoms with Crippen LogP contribution in [0.15, 0.2) is 24.8 Å². The van der Waals surface area contributed by atoms with E-state index in [9.17, 15) is 0 Å². The van der Waals surface area contributed by atoms with E-state index in [0.29, 0.717) is 6.61 Å². The van der Waals surface area contributed by atoms with Crippen LogP contribution in [-0.4, -0.2) is 32.2 Å². The number of aromatic nitrogens is 4. The Morgan fingerprint density at radius 3 is 3.35 bits per heavy atom. The fourth-order valence-corrected chi connectivity index (χ4v) is 1.98. The van der Waals surface area contributed by atoms with Gasteiger partial charge >= 0.3 is 0 Å². The first-order valence-electron chi connectivity index (χ1n) is 5.72. The Bertz CT molecular complexity index is 464. The molecule has 1 atom stereocenters. The van der Waals surface area contributed by atoms with Crippen LogP contribution < -0.4 is 5.32 Å². The average molecular weight is 233 g/mol. The number of imidazole rings is 2. The molecule has 2 aromatic heterocycles. The zero-order chi connectivity index (χ0) is 11.5. The van der Waals surface area contributed by atoms with Crippen LogP contribution in [0.5, 0.6) is 0 Å². The van der Waals surface area contributed by atoms with Gasteiger partial charge in [-0.1, -0.05) is 0 Å². The van der Waals surface area contributed by atoms with E-state index in [1.54, 1.807) is 6.20 Å². The highest BCUT2D eigenvalue weighted by Crippen LogP contribution is 2.11. The molecule has 0 saturated carbocycles. The number of ether oxygens (including phenoxy) is 1. The zero-order valence-electron chi connectivity index (χ0n) is 9.47. The fourth-order valence-electron chi connectivity index (χ4n) is 1.98. The molecule has 0 fully saturated rings. The number of nitrogens with zero attached hydrogens (tertiary/aromatic N) is 3. The van der Waals surface area contributed by atoms with E-state index in [0.717, 1.165) is 31.3 Å². The maximum atomic E-state index is 5.71. The Morgan fingerprint density at radius 2 is 2.47 bits per heavy atom. The van der Waals surface area contributed by atoms with Crippen molar-refractivity contribution in [1.29, 1.82) is 0 Å². The summed E-state index contributed by atoms with van der Waals surface area (Å²) in [6.07, 6.45) is 7.60. The van der Waals surface area contributed by atoms with Crippen LogP contribution in [0.3, 0.4) is 0 Å². The summed E-state index contributed by atoms with van der Waals surface area (Å²) in [5.41, 5.74) is 0. The van der Waals surface area contributed by atoms with Crippen molar-refractivity contribution >= 4 is 0 Å². The van der Waals surface area contributed by atoms with Crippen molar-refractivity contribution in [3.05, 3.63) is 36.4 Å². The van der Waals surface area contributed by atoms with Crippen LogP contribution in [0.2, 0.25) is 0 Å². The summed E-state index contributed by atoms with van der Waals surface area (Å²) in [7, 11) is 0. The lowest BCUT2D eigenvalue weighted by Crippen LogP contribution is -2.36. The summed E-state index contributed by atoms with van der Waals surface area (Å²) < 4.78 is 7.85. The van der Waals surface area contributed by atoms with Crippen molar-refractivity contribution in [3.8, 4) is 0 Å². The molecule has 0 aromatic carbocycles. The third-order valence-electron chi connectivity index (χ3n) is 2.87. The quantitative estimate of drug-likeness (QED) is 0.796. The first kappa shape index (κ1) is 10.5. The summed E-state index contributed by atoms with van der Waals surface area (Å²) in [5, 5.41) is 3.33. The molecule has 90 valence electrons. The smallest absolute Gasteiger partial charge is 0.134 e. The lowest BCUT2D eigenvalue weighted by molar-refractivity contribution is 0.00271. The van der Waals surface area contributed by atoms with E-state index in [1.165, 1.54) is 0 Å². The lowest BCUT2D eigenvalue weighted by atomic mass is 10.3. The molecule has 0 aliphatic carbocycles. The van der Waals surface area contributed by atoms with Crippen LogP contribution >= 0.6 is 0 Å². The van der Waals surface area contributed by atoms with Gasteiger partial charge in [0, 0.05) is 31.3 Å². The van der Waals surface area contributed by atoms with Gasteiger partial charge in [0.15, 0.2) is 0 Å². The highest BCUT2D eigenvalue weighted by molar-refractivity contribution is 4.94. The van der Waals surface area contributed by atoms with E-state index in [-0.39, 0.29) is 6.10 Å². The van der Waals surface area contributed by atoms with Crippen molar-refractivity contribution in [3.63, 3.8) is 0 Å². The third-order valence-corrected chi connectivity index (χ3v) is 2.87. The summed E-state index contributed by atoms with van der Waals surface area (Å²) in [6, 6.07) is 0. The Balaban J connectivity index is 1.48. The summed E-state index contributed by atoms with van der Waals surface area (Å²) in [5.74, 6) is 1.96. The second-order valence-electron chi connectivity index (χ2n) is 4.10. The number of hydrogen-bond donors (Lipinski definition) is 2. The highest BCUT2D eigenvalue weighted by atomic mass is 16.5. The van der Waals surface area contributed by atoms with Gasteiger partial charge in [-0.05, 0) is 0 Å². The number of rotatable bonds is 4. The molecule has 1 aliphatic rings. The van der Waals surface area contributed by atoms with E-state index in [2.05, 4.69) is 24.8 Å². The van der Waals surface area contributed by atoms with Gasteiger partial charge in [0.05, 0.1) is 19.2 Å². The number of fused-ring (bicyclic) bond motifs is 1. The summed E-state index contributed by atoms with van der Waals surface area (Å²) in [4.78, 5) is 11.4. The van der Waals surface area contributed by atoms with Gasteiger partial charge < -0.3 is 19.6 Å². The Morgan fingerprint density at radius 1 is 1.47 bits per heavy atom. The second kappa shape index (κ2) is 4.68. The molecule has 17 heavy (non-hydrogen) atoms. The van der Waals surface area contributed by atoms with E-state index >= 15 is 0 Å². The second-order valence-corrected chi connectivity index (χ2v) is 4.10. The van der Waals surface area contributed by atoms with Gasteiger partial charge in [-0.15, -0.1) is 0 Å².